The van der Waals surface area contributed by atoms with E-state index < -0.39 is 0 Å². The standard InChI is InChI=1S/C21H27NO2/c1-13(2)18-12-19(15(4)11-20(18)24-6)16(5)22-21(23)17-9-7-14(3)8-10-17/h7-13,16H,1-6H3,(H,22,23)/t16-/m0/s1. The van der Waals surface area contributed by atoms with Gasteiger partial charge in [-0.05, 0) is 67.6 Å². The van der Waals surface area contributed by atoms with Crippen molar-refractivity contribution in [2.24, 2.45) is 0 Å². The van der Waals surface area contributed by atoms with E-state index in [1.54, 1.807) is 7.11 Å². The van der Waals surface area contributed by atoms with Crippen LogP contribution in [0.15, 0.2) is 36.4 Å². The smallest absolute Gasteiger partial charge is 0.251 e. The number of rotatable bonds is 5. The summed E-state index contributed by atoms with van der Waals surface area (Å²) in [6, 6.07) is 11.8. The first kappa shape index (κ1) is 18.1. The van der Waals surface area contributed by atoms with Crippen molar-refractivity contribution >= 4 is 5.91 Å². The Labute approximate surface area is 145 Å². The highest BCUT2D eigenvalue weighted by atomic mass is 16.5. The number of aryl methyl sites for hydroxylation is 2. The third kappa shape index (κ3) is 3.97. The number of hydrogen-bond donors (Lipinski definition) is 1. The van der Waals surface area contributed by atoms with Gasteiger partial charge in [-0.15, -0.1) is 0 Å². The van der Waals surface area contributed by atoms with Crippen LogP contribution in [0.5, 0.6) is 5.75 Å². The Morgan fingerprint density at radius 1 is 1.00 bits per heavy atom. The van der Waals surface area contributed by atoms with E-state index in [9.17, 15) is 4.79 Å². The number of nitrogens with one attached hydrogen (secondary N) is 1. The minimum atomic E-state index is -0.0674. The van der Waals surface area contributed by atoms with Gasteiger partial charge in [-0.2, -0.15) is 0 Å². The summed E-state index contributed by atoms with van der Waals surface area (Å²) >= 11 is 0. The number of hydrogen-bond acceptors (Lipinski definition) is 2. The summed E-state index contributed by atoms with van der Waals surface area (Å²) in [7, 11) is 1.70. The molecule has 0 fully saturated rings. The van der Waals surface area contributed by atoms with Crippen molar-refractivity contribution in [3.63, 3.8) is 0 Å². The minimum Gasteiger partial charge on any atom is -0.496 e. The third-order valence-corrected chi connectivity index (χ3v) is 4.37. The van der Waals surface area contributed by atoms with Crippen LogP contribution in [-0.4, -0.2) is 13.0 Å². The van der Waals surface area contributed by atoms with Gasteiger partial charge in [0.05, 0.1) is 13.2 Å². The van der Waals surface area contributed by atoms with Gasteiger partial charge >= 0.3 is 0 Å². The first-order chi connectivity index (χ1) is 11.3. The predicted molar refractivity (Wildman–Crippen MR) is 98.9 cm³/mol. The van der Waals surface area contributed by atoms with Crippen LogP contribution >= 0.6 is 0 Å². The van der Waals surface area contributed by atoms with Crippen molar-refractivity contribution in [2.75, 3.05) is 7.11 Å². The molecule has 0 saturated carbocycles. The van der Waals surface area contributed by atoms with Crippen LogP contribution in [0.3, 0.4) is 0 Å². The molecule has 0 bridgehead atoms. The van der Waals surface area contributed by atoms with Crippen molar-refractivity contribution in [3.05, 3.63) is 64.2 Å². The van der Waals surface area contributed by atoms with E-state index in [0.29, 0.717) is 11.5 Å². The van der Waals surface area contributed by atoms with Crippen LogP contribution in [0.1, 0.15) is 65.3 Å². The fourth-order valence-corrected chi connectivity index (χ4v) is 2.87. The van der Waals surface area contributed by atoms with Crippen molar-refractivity contribution in [2.45, 2.75) is 46.6 Å². The zero-order chi connectivity index (χ0) is 17.9. The van der Waals surface area contributed by atoms with E-state index in [2.05, 4.69) is 38.2 Å². The van der Waals surface area contributed by atoms with Gasteiger partial charge in [-0.1, -0.05) is 31.5 Å². The summed E-state index contributed by atoms with van der Waals surface area (Å²) in [4.78, 5) is 12.5. The normalized spacial score (nSPS) is 12.1. The average Bonchev–Trinajstić information content (AvgIpc) is 2.54. The van der Waals surface area contributed by atoms with Crippen LogP contribution in [0.4, 0.5) is 0 Å². The molecule has 1 amide bonds. The number of amides is 1. The zero-order valence-electron chi connectivity index (χ0n) is 15.4. The molecule has 0 aromatic heterocycles. The van der Waals surface area contributed by atoms with Crippen molar-refractivity contribution < 1.29 is 9.53 Å². The van der Waals surface area contributed by atoms with Gasteiger partial charge < -0.3 is 10.1 Å². The molecule has 0 unspecified atom stereocenters. The fourth-order valence-electron chi connectivity index (χ4n) is 2.87. The number of ether oxygens (including phenoxy) is 1. The second-order valence-corrected chi connectivity index (χ2v) is 6.67. The predicted octanol–water partition coefficient (Wildman–Crippen LogP) is 4.93. The summed E-state index contributed by atoms with van der Waals surface area (Å²) in [5, 5.41) is 3.10. The molecule has 1 N–H and O–H groups in total. The maximum absolute atomic E-state index is 12.5. The zero-order valence-corrected chi connectivity index (χ0v) is 15.4. The quantitative estimate of drug-likeness (QED) is 0.847. The molecule has 0 aliphatic carbocycles. The van der Waals surface area contributed by atoms with E-state index >= 15 is 0 Å². The Morgan fingerprint density at radius 3 is 2.17 bits per heavy atom. The first-order valence-electron chi connectivity index (χ1n) is 8.39. The molecule has 0 saturated heterocycles. The summed E-state index contributed by atoms with van der Waals surface area (Å²) in [5.74, 6) is 1.21. The minimum absolute atomic E-state index is 0.0520. The van der Waals surface area contributed by atoms with E-state index in [0.717, 1.165) is 28.0 Å². The highest BCUT2D eigenvalue weighted by Crippen LogP contribution is 2.32. The molecule has 0 heterocycles. The van der Waals surface area contributed by atoms with Crippen LogP contribution < -0.4 is 10.1 Å². The van der Waals surface area contributed by atoms with E-state index in [1.165, 1.54) is 0 Å². The molecular formula is C21H27NO2. The van der Waals surface area contributed by atoms with Crippen LogP contribution in [-0.2, 0) is 0 Å². The van der Waals surface area contributed by atoms with E-state index in [4.69, 9.17) is 4.74 Å². The molecule has 2 aromatic carbocycles. The van der Waals surface area contributed by atoms with Crippen LogP contribution in [0.25, 0.3) is 0 Å². The van der Waals surface area contributed by atoms with Crippen molar-refractivity contribution in [1.29, 1.82) is 0 Å². The summed E-state index contributed by atoms with van der Waals surface area (Å²) in [6.07, 6.45) is 0. The molecule has 3 heteroatoms. The SMILES string of the molecule is COc1cc(C)c([C@H](C)NC(=O)c2ccc(C)cc2)cc1C(C)C. The van der Waals surface area contributed by atoms with Crippen LogP contribution in [0, 0.1) is 13.8 Å². The van der Waals surface area contributed by atoms with E-state index in [1.807, 2.05) is 38.1 Å². The highest BCUT2D eigenvalue weighted by molar-refractivity contribution is 5.94. The Hall–Kier alpha value is -2.29. The summed E-state index contributed by atoms with van der Waals surface area (Å²) in [6.45, 7) is 10.4. The molecular weight excluding hydrogens is 298 g/mol. The van der Waals surface area contributed by atoms with Gasteiger partial charge in [-0.25, -0.2) is 0 Å². The number of carbonyl (C=O) groups excluding carboxylic acids is 1. The molecule has 128 valence electrons. The van der Waals surface area contributed by atoms with Crippen molar-refractivity contribution in [3.8, 4) is 5.75 Å². The average molecular weight is 325 g/mol. The molecule has 0 aliphatic heterocycles. The lowest BCUT2D eigenvalue weighted by Gasteiger charge is -2.21. The van der Waals surface area contributed by atoms with Crippen molar-refractivity contribution in [1.82, 2.24) is 5.32 Å². The molecule has 24 heavy (non-hydrogen) atoms. The molecule has 2 aromatic rings. The van der Waals surface area contributed by atoms with Gasteiger partial charge in [0, 0.05) is 5.56 Å². The van der Waals surface area contributed by atoms with Gasteiger partial charge in [0.25, 0.3) is 5.91 Å². The monoisotopic (exact) mass is 325 g/mol. The lowest BCUT2D eigenvalue weighted by Crippen LogP contribution is -2.27. The fraction of sp³-hybridized carbons (Fsp3) is 0.381. The van der Waals surface area contributed by atoms with Crippen LogP contribution in [0.2, 0.25) is 0 Å². The lowest BCUT2D eigenvalue weighted by molar-refractivity contribution is 0.0940. The second-order valence-electron chi connectivity index (χ2n) is 6.67. The second kappa shape index (κ2) is 7.52. The highest BCUT2D eigenvalue weighted by Gasteiger charge is 2.17. The molecule has 1 atom stereocenters. The first-order valence-corrected chi connectivity index (χ1v) is 8.39. The number of methoxy groups -OCH3 is 1. The Morgan fingerprint density at radius 2 is 1.62 bits per heavy atom. The molecule has 3 nitrogen and oxygen atoms in total. The number of carbonyl (C=O) groups is 1. The molecule has 0 aliphatic rings. The summed E-state index contributed by atoms with van der Waals surface area (Å²) in [5.41, 5.74) is 5.23. The molecule has 0 spiro atoms. The Balaban J connectivity index is 2.25. The van der Waals surface area contributed by atoms with Gasteiger partial charge in [0.1, 0.15) is 5.75 Å². The Bertz CT molecular complexity index is 717. The van der Waals surface area contributed by atoms with E-state index in [-0.39, 0.29) is 11.9 Å². The maximum atomic E-state index is 12.5. The van der Waals surface area contributed by atoms with Gasteiger partial charge in [-0.3, -0.25) is 4.79 Å². The maximum Gasteiger partial charge on any atom is 0.251 e. The topological polar surface area (TPSA) is 38.3 Å². The largest absolute Gasteiger partial charge is 0.496 e. The van der Waals surface area contributed by atoms with Gasteiger partial charge in [0.15, 0.2) is 0 Å². The third-order valence-electron chi connectivity index (χ3n) is 4.37. The number of benzene rings is 2. The molecule has 2 rings (SSSR count). The Kier molecular flexibility index (Phi) is 5.66. The summed E-state index contributed by atoms with van der Waals surface area (Å²) < 4.78 is 5.50. The lowest BCUT2D eigenvalue weighted by atomic mass is 9.93. The van der Waals surface area contributed by atoms with Gasteiger partial charge in [0.2, 0.25) is 0 Å². The molecule has 0 radical (unpaired) electrons.